The van der Waals surface area contributed by atoms with Crippen LogP contribution in [0, 0.1) is 0 Å². The van der Waals surface area contributed by atoms with E-state index < -0.39 is 6.10 Å². The van der Waals surface area contributed by atoms with Gasteiger partial charge in [0, 0.05) is 26.6 Å². The van der Waals surface area contributed by atoms with Gasteiger partial charge >= 0.3 is 0 Å². The Hall–Kier alpha value is -1.75. The van der Waals surface area contributed by atoms with E-state index in [-0.39, 0.29) is 5.91 Å². The van der Waals surface area contributed by atoms with E-state index in [9.17, 15) is 4.79 Å². The Morgan fingerprint density at radius 1 is 1.40 bits per heavy atom. The monoisotopic (exact) mass is 278 g/mol. The largest absolute Gasteiger partial charge is 0.490 e. The van der Waals surface area contributed by atoms with Crippen molar-refractivity contribution in [3.05, 3.63) is 23.8 Å². The van der Waals surface area contributed by atoms with Crippen molar-refractivity contribution < 1.29 is 14.3 Å². The first kappa shape index (κ1) is 14.7. The topological polar surface area (TPSA) is 50.8 Å². The Balaban J connectivity index is 2.15. The summed E-state index contributed by atoms with van der Waals surface area (Å²) in [5.74, 6) is 1.37. The predicted octanol–water partition coefficient (Wildman–Crippen LogP) is 1.41. The van der Waals surface area contributed by atoms with Gasteiger partial charge in [-0.1, -0.05) is 6.07 Å². The van der Waals surface area contributed by atoms with Crippen molar-refractivity contribution in [2.24, 2.45) is 0 Å². The Bertz CT molecular complexity index is 476. The lowest BCUT2D eigenvalue weighted by Crippen LogP contribution is -2.29. The molecule has 1 heterocycles. The molecule has 0 aliphatic carbocycles. The summed E-state index contributed by atoms with van der Waals surface area (Å²) in [5, 5.41) is 3.10. The van der Waals surface area contributed by atoms with Gasteiger partial charge in [-0.15, -0.1) is 0 Å². The molecule has 0 aromatic heterocycles. The van der Waals surface area contributed by atoms with Crippen molar-refractivity contribution in [1.82, 2.24) is 10.2 Å². The number of amides is 1. The molecule has 5 nitrogen and oxygen atoms in total. The third-order valence-electron chi connectivity index (χ3n) is 3.34. The maximum atomic E-state index is 11.9. The number of rotatable bonds is 6. The van der Waals surface area contributed by atoms with Crippen LogP contribution in [0.15, 0.2) is 18.2 Å². The lowest BCUT2D eigenvalue weighted by atomic mass is 10.2. The quantitative estimate of drug-likeness (QED) is 0.855. The minimum atomic E-state index is -0.394. The minimum Gasteiger partial charge on any atom is -0.490 e. The number of carbonyl (C=O) groups excluding carboxylic acids is 1. The van der Waals surface area contributed by atoms with Crippen molar-refractivity contribution in [2.45, 2.75) is 26.0 Å². The van der Waals surface area contributed by atoms with E-state index >= 15 is 0 Å². The number of benzene rings is 1. The highest BCUT2D eigenvalue weighted by Crippen LogP contribution is 2.31. The third kappa shape index (κ3) is 3.22. The van der Waals surface area contributed by atoms with E-state index in [1.165, 1.54) is 0 Å². The maximum absolute atomic E-state index is 11.9. The van der Waals surface area contributed by atoms with E-state index in [2.05, 4.69) is 5.32 Å². The van der Waals surface area contributed by atoms with Crippen LogP contribution in [0.4, 0.5) is 0 Å². The van der Waals surface area contributed by atoms with Gasteiger partial charge in [-0.25, -0.2) is 0 Å². The molecule has 1 aromatic carbocycles. The molecule has 1 amide bonds. The van der Waals surface area contributed by atoms with Gasteiger partial charge in [-0.05, 0) is 31.7 Å². The molecule has 0 radical (unpaired) electrons. The molecule has 1 aromatic rings. The van der Waals surface area contributed by atoms with Gasteiger partial charge in [0.2, 0.25) is 0 Å². The van der Waals surface area contributed by atoms with Crippen LogP contribution in [-0.2, 0) is 11.3 Å². The summed E-state index contributed by atoms with van der Waals surface area (Å²) >= 11 is 0. The number of hydrogen-bond acceptors (Lipinski definition) is 4. The molecule has 1 N–H and O–H groups in total. The number of likely N-dealkylation sites (N-methyl/N-ethyl adjacent to an activating group) is 1. The number of nitrogens with one attached hydrogen (secondary N) is 1. The second kappa shape index (κ2) is 6.61. The van der Waals surface area contributed by atoms with Crippen LogP contribution in [0.5, 0.6) is 11.5 Å². The first-order chi connectivity index (χ1) is 9.65. The smallest absolute Gasteiger partial charge is 0.263 e. The van der Waals surface area contributed by atoms with E-state index in [0.717, 1.165) is 25.1 Å². The molecule has 1 atom stereocenters. The fourth-order valence-corrected chi connectivity index (χ4v) is 2.29. The van der Waals surface area contributed by atoms with Gasteiger partial charge in [0.1, 0.15) is 0 Å². The van der Waals surface area contributed by atoms with Crippen LogP contribution in [0.2, 0.25) is 0 Å². The molecule has 0 bridgehead atoms. The minimum absolute atomic E-state index is 0.0340. The molecule has 110 valence electrons. The molecule has 1 aliphatic rings. The third-order valence-corrected chi connectivity index (χ3v) is 3.34. The normalized spacial score (nSPS) is 18.4. The zero-order chi connectivity index (χ0) is 14.5. The molecule has 5 heteroatoms. The Morgan fingerprint density at radius 2 is 2.20 bits per heavy atom. The summed E-state index contributed by atoms with van der Waals surface area (Å²) in [4.78, 5) is 13.6. The van der Waals surface area contributed by atoms with E-state index in [0.29, 0.717) is 18.1 Å². The Kier molecular flexibility index (Phi) is 4.84. The van der Waals surface area contributed by atoms with Crippen LogP contribution < -0.4 is 14.8 Å². The Morgan fingerprint density at radius 3 is 2.80 bits per heavy atom. The molecule has 20 heavy (non-hydrogen) atoms. The van der Waals surface area contributed by atoms with Crippen LogP contribution in [-0.4, -0.2) is 44.2 Å². The highest BCUT2D eigenvalue weighted by Gasteiger charge is 2.31. The zero-order valence-corrected chi connectivity index (χ0v) is 12.3. The second-order valence-corrected chi connectivity index (χ2v) is 4.90. The summed E-state index contributed by atoms with van der Waals surface area (Å²) in [6.45, 7) is 4.01. The van der Waals surface area contributed by atoms with Gasteiger partial charge in [-0.2, -0.15) is 0 Å². The standard InChI is InChI=1S/C15H22N2O3/c1-4-19-14-9-11(10-16-2)5-6-12(14)20-13-7-8-17(3)15(13)18/h5-6,9,13,16H,4,7-8,10H2,1-3H3. The van der Waals surface area contributed by atoms with Crippen LogP contribution >= 0.6 is 0 Å². The van der Waals surface area contributed by atoms with Crippen LogP contribution in [0.25, 0.3) is 0 Å². The molecular weight excluding hydrogens is 256 g/mol. The zero-order valence-electron chi connectivity index (χ0n) is 12.3. The molecule has 1 unspecified atom stereocenters. The fraction of sp³-hybridized carbons (Fsp3) is 0.533. The van der Waals surface area contributed by atoms with Crippen LogP contribution in [0.3, 0.4) is 0 Å². The van der Waals surface area contributed by atoms with E-state index in [4.69, 9.17) is 9.47 Å². The first-order valence-electron chi connectivity index (χ1n) is 6.97. The molecule has 0 saturated carbocycles. The number of ether oxygens (including phenoxy) is 2. The summed E-state index contributed by atoms with van der Waals surface area (Å²) in [7, 11) is 3.70. The van der Waals surface area contributed by atoms with Crippen molar-refractivity contribution in [3.8, 4) is 11.5 Å². The van der Waals surface area contributed by atoms with E-state index in [1.807, 2.05) is 32.2 Å². The molecule has 2 rings (SSSR count). The number of likely N-dealkylation sites (tertiary alicyclic amines) is 1. The van der Waals surface area contributed by atoms with E-state index in [1.54, 1.807) is 11.9 Å². The summed E-state index contributed by atoms with van der Waals surface area (Å²) in [5.41, 5.74) is 1.12. The van der Waals surface area contributed by atoms with Gasteiger partial charge in [0.15, 0.2) is 17.6 Å². The number of nitrogens with zero attached hydrogens (tertiary/aromatic N) is 1. The van der Waals surface area contributed by atoms with Crippen LogP contribution in [0.1, 0.15) is 18.9 Å². The van der Waals surface area contributed by atoms with Crippen molar-refractivity contribution in [3.63, 3.8) is 0 Å². The highest BCUT2D eigenvalue weighted by atomic mass is 16.5. The average molecular weight is 278 g/mol. The highest BCUT2D eigenvalue weighted by molar-refractivity contribution is 5.83. The first-order valence-corrected chi connectivity index (χ1v) is 6.97. The molecule has 0 spiro atoms. The summed E-state index contributed by atoms with van der Waals surface area (Å²) in [6, 6.07) is 5.82. The SMILES string of the molecule is CCOc1cc(CNC)ccc1OC1CCN(C)C1=O. The van der Waals surface area contributed by atoms with Gasteiger partial charge in [-0.3, -0.25) is 4.79 Å². The maximum Gasteiger partial charge on any atom is 0.263 e. The summed E-state index contributed by atoms with van der Waals surface area (Å²) in [6.07, 6.45) is 0.327. The Labute approximate surface area is 119 Å². The average Bonchev–Trinajstić information content (AvgIpc) is 2.74. The molecular formula is C15H22N2O3. The fourth-order valence-electron chi connectivity index (χ4n) is 2.29. The van der Waals surface area contributed by atoms with Crippen molar-refractivity contribution in [1.29, 1.82) is 0 Å². The lowest BCUT2D eigenvalue weighted by Gasteiger charge is -2.17. The van der Waals surface area contributed by atoms with Gasteiger partial charge in [0.25, 0.3) is 5.91 Å². The van der Waals surface area contributed by atoms with Gasteiger partial charge in [0.05, 0.1) is 6.61 Å². The van der Waals surface area contributed by atoms with Gasteiger partial charge < -0.3 is 19.7 Å². The van der Waals surface area contributed by atoms with Crippen molar-refractivity contribution >= 4 is 5.91 Å². The second-order valence-electron chi connectivity index (χ2n) is 4.90. The summed E-state index contributed by atoms with van der Waals surface area (Å²) < 4.78 is 11.5. The molecule has 1 saturated heterocycles. The molecule has 1 fully saturated rings. The molecule has 1 aliphatic heterocycles. The lowest BCUT2D eigenvalue weighted by molar-refractivity contribution is -0.132. The predicted molar refractivity (Wildman–Crippen MR) is 77.0 cm³/mol. The number of carbonyl (C=O) groups is 1. The van der Waals surface area contributed by atoms with Crippen molar-refractivity contribution in [2.75, 3.05) is 27.2 Å². The number of hydrogen-bond donors (Lipinski definition) is 1.